The highest BCUT2D eigenvalue weighted by Crippen LogP contribution is 2.50. The zero-order chi connectivity index (χ0) is 18.1. The molecule has 0 aliphatic carbocycles. The van der Waals surface area contributed by atoms with Gasteiger partial charge in [-0.25, -0.2) is 0 Å². The predicted molar refractivity (Wildman–Crippen MR) is 99.8 cm³/mol. The monoisotopic (exact) mass is 342 g/mol. The largest absolute Gasteiger partial charge is 0.507 e. The van der Waals surface area contributed by atoms with Crippen molar-refractivity contribution in [1.29, 1.82) is 0 Å². The number of nitrogens with zero attached hydrogens (tertiary/aromatic N) is 1. The van der Waals surface area contributed by atoms with Crippen LogP contribution in [0.15, 0.2) is 30.3 Å². The van der Waals surface area contributed by atoms with Gasteiger partial charge in [-0.3, -0.25) is 0 Å². The van der Waals surface area contributed by atoms with Crippen LogP contribution in [-0.4, -0.2) is 52.5 Å². The van der Waals surface area contributed by atoms with Gasteiger partial charge in [0.25, 0.3) is 0 Å². The molecule has 0 unspecified atom stereocenters. The van der Waals surface area contributed by atoms with Gasteiger partial charge in [0.05, 0.1) is 16.5 Å². The third kappa shape index (κ3) is 2.96. The van der Waals surface area contributed by atoms with Crippen molar-refractivity contribution in [3.63, 3.8) is 0 Å². The topological polar surface area (TPSA) is 96.2 Å². The standard InChI is InChI=1S/C19H22N2O4/c1-21(2)9-5-8-20-13-10-14(22)15-16(19(13)25)18(24)12-7-4-3-6-11(12)17(15)23/h3-4,6-7,10,20,22-25H,5,8-9H2,1-2H3. The van der Waals surface area contributed by atoms with E-state index in [1.54, 1.807) is 24.3 Å². The second-order valence-corrected chi connectivity index (χ2v) is 6.37. The normalized spacial score (nSPS) is 11.5. The Hall–Kier alpha value is -2.86. The molecular formula is C19H22N2O4. The number of hydrogen-bond donors (Lipinski definition) is 5. The van der Waals surface area contributed by atoms with E-state index >= 15 is 0 Å². The van der Waals surface area contributed by atoms with Crippen molar-refractivity contribution in [1.82, 2.24) is 4.90 Å². The zero-order valence-electron chi connectivity index (χ0n) is 14.2. The molecule has 0 atom stereocenters. The van der Waals surface area contributed by atoms with Crippen molar-refractivity contribution in [3.05, 3.63) is 30.3 Å². The van der Waals surface area contributed by atoms with Gasteiger partial charge >= 0.3 is 0 Å². The molecule has 3 rings (SSSR count). The van der Waals surface area contributed by atoms with Crippen molar-refractivity contribution < 1.29 is 20.4 Å². The molecule has 132 valence electrons. The minimum atomic E-state index is -0.207. The highest BCUT2D eigenvalue weighted by atomic mass is 16.3. The molecular weight excluding hydrogens is 320 g/mol. The molecule has 0 aromatic heterocycles. The fraction of sp³-hybridized carbons (Fsp3) is 0.263. The first-order valence-electron chi connectivity index (χ1n) is 8.11. The Morgan fingerprint density at radius 1 is 0.880 bits per heavy atom. The second kappa shape index (κ2) is 6.57. The third-order valence-electron chi connectivity index (χ3n) is 4.29. The molecule has 25 heavy (non-hydrogen) atoms. The molecule has 6 nitrogen and oxygen atoms in total. The molecule has 0 bridgehead atoms. The van der Waals surface area contributed by atoms with Gasteiger partial charge in [-0.05, 0) is 27.1 Å². The minimum Gasteiger partial charge on any atom is -0.507 e. The van der Waals surface area contributed by atoms with Gasteiger partial charge in [-0.2, -0.15) is 0 Å². The van der Waals surface area contributed by atoms with Gasteiger partial charge in [-0.15, -0.1) is 0 Å². The van der Waals surface area contributed by atoms with Gasteiger partial charge < -0.3 is 30.6 Å². The van der Waals surface area contributed by atoms with E-state index in [4.69, 9.17) is 0 Å². The summed E-state index contributed by atoms with van der Waals surface area (Å²) in [5.41, 5.74) is 0.314. The summed E-state index contributed by atoms with van der Waals surface area (Å²) in [5, 5.41) is 46.0. The Kier molecular flexibility index (Phi) is 4.46. The van der Waals surface area contributed by atoms with Crippen LogP contribution in [0.4, 0.5) is 5.69 Å². The number of phenolic OH excluding ortho intramolecular Hbond substituents is 4. The van der Waals surface area contributed by atoms with Gasteiger partial charge in [0.15, 0.2) is 5.75 Å². The van der Waals surface area contributed by atoms with Crippen LogP contribution in [0.25, 0.3) is 21.5 Å². The Morgan fingerprint density at radius 2 is 1.48 bits per heavy atom. The van der Waals surface area contributed by atoms with Crippen molar-refractivity contribution >= 4 is 27.2 Å². The molecule has 0 aliphatic heterocycles. The average molecular weight is 342 g/mol. The van der Waals surface area contributed by atoms with Crippen LogP contribution in [-0.2, 0) is 0 Å². The lowest BCUT2D eigenvalue weighted by Crippen LogP contribution is -2.16. The van der Waals surface area contributed by atoms with Crippen molar-refractivity contribution in [2.45, 2.75) is 6.42 Å². The molecule has 0 radical (unpaired) electrons. The molecule has 0 heterocycles. The summed E-state index contributed by atoms with van der Waals surface area (Å²) < 4.78 is 0. The van der Waals surface area contributed by atoms with E-state index in [1.807, 2.05) is 14.1 Å². The SMILES string of the molecule is CN(C)CCCNc1cc(O)c2c(O)c3ccccc3c(O)c2c1O. The molecule has 5 N–H and O–H groups in total. The van der Waals surface area contributed by atoms with Crippen LogP contribution >= 0.6 is 0 Å². The molecule has 0 saturated heterocycles. The third-order valence-corrected chi connectivity index (χ3v) is 4.29. The maximum atomic E-state index is 10.6. The van der Waals surface area contributed by atoms with Gasteiger partial charge in [-0.1, -0.05) is 24.3 Å². The summed E-state index contributed by atoms with van der Waals surface area (Å²) in [4.78, 5) is 2.05. The van der Waals surface area contributed by atoms with Crippen LogP contribution in [0.2, 0.25) is 0 Å². The summed E-state index contributed by atoms with van der Waals surface area (Å²) in [7, 11) is 3.95. The molecule has 0 aliphatic rings. The van der Waals surface area contributed by atoms with E-state index in [9.17, 15) is 20.4 Å². The number of aromatic hydroxyl groups is 4. The fourth-order valence-electron chi connectivity index (χ4n) is 3.05. The highest BCUT2D eigenvalue weighted by Gasteiger charge is 2.21. The van der Waals surface area contributed by atoms with E-state index in [0.717, 1.165) is 13.0 Å². The quantitative estimate of drug-likeness (QED) is 0.211. The molecule has 3 aromatic rings. The Bertz CT molecular complexity index is 938. The number of fused-ring (bicyclic) bond motifs is 2. The number of anilines is 1. The Balaban J connectivity index is 2.13. The Morgan fingerprint density at radius 3 is 2.08 bits per heavy atom. The first-order valence-corrected chi connectivity index (χ1v) is 8.11. The summed E-state index contributed by atoms with van der Waals surface area (Å²) >= 11 is 0. The van der Waals surface area contributed by atoms with Crippen molar-refractivity contribution in [2.75, 3.05) is 32.5 Å². The lowest BCUT2D eigenvalue weighted by atomic mass is 9.98. The highest BCUT2D eigenvalue weighted by molar-refractivity contribution is 6.16. The fourth-order valence-corrected chi connectivity index (χ4v) is 3.05. The van der Waals surface area contributed by atoms with Crippen LogP contribution in [0, 0.1) is 0 Å². The predicted octanol–water partition coefficient (Wildman–Crippen LogP) is 3.18. The van der Waals surface area contributed by atoms with Gasteiger partial charge in [0.1, 0.15) is 17.2 Å². The summed E-state index contributed by atoms with van der Waals surface area (Å²) in [6.07, 6.45) is 0.847. The van der Waals surface area contributed by atoms with Gasteiger partial charge in [0, 0.05) is 23.4 Å². The Labute approximate surface area is 145 Å². The first-order chi connectivity index (χ1) is 11.9. The number of nitrogens with one attached hydrogen (secondary N) is 1. The zero-order valence-corrected chi connectivity index (χ0v) is 14.2. The van der Waals surface area contributed by atoms with E-state index in [2.05, 4.69) is 10.2 Å². The van der Waals surface area contributed by atoms with E-state index in [0.29, 0.717) is 23.0 Å². The molecule has 0 spiro atoms. The first kappa shape index (κ1) is 17.0. The van der Waals surface area contributed by atoms with E-state index in [1.165, 1.54) is 6.07 Å². The van der Waals surface area contributed by atoms with Crippen LogP contribution in [0.5, 0.6) is 23.0 Å². The molecule has 0 fully saturated rings. The van der Waals surface area contributed by atoms with Crippen LogP contribution < -0.4 is 5.32 Å². The maximum Gasteiger partial charge on any atom is 0.150 e. The van der Waals surface area contributed by atoms with E-state index in [-0.39, 0.29) is 33.8 Å². The van der Waals surface area contributed by atoms with Gasteiger partial charge in [0.2, 0.25) is 0 Å². The number of benzene rings is 3. The second-order valence-electron chi connectivity index (χ2n) is 6.37. The summed E-state index contributed by atoms with van der Waals surface area (Å²) in [5.74, 6) is -0.749. The van der Waals surface area contributed by atoms with Crippen molar-refractivity contribution in [3.8, 4) is 23.0 Å². The number of phenols is 4. The summed E-state index contributed by atoms with van der Waals surface area (Å²) in [6, 6.07) is 8.12. The smallest absolute Gasteiger partial charge is 0.150 e. The molecule has 0 saturated carbocycles. The van der Waals surface area contributed by atoms with Crippen molar-refractivity contribution in [2.24, 2.45) is 0 Å². The lowest BCUT2D eigenvalue weighted by molar-refractivity contribution is 0.405. The summed E-state index contributed by atoms with van der Waals surface area (Å²) in [6.45, 7) is 1.47. The maximum absolute atomic E-state index is 10.6. The van der Waals surface area contributed by atoms with Crippen LogP contribution in [0.1, 0.15) is 6.42 Å². The lowest BCUT2D eigenvalue weighted by Gasteiger charge is -2.16. The molecule has 6 heteroatoms. The number of rotatable bonds is 5. The molecule has 3 aromatic carbocycles. The number of hydrogen-bond acceptors (Lipinski definition) is 6. The average Bonchev–Trinajstić information content (AvgIpc) is 2.58. The van der Waals surface area contributed by atoms with E-state index < -0.39 is 0 Å². The minimum absolute atomic E-state index is 0.0336. The molecule has 0 amide bonds. The van der Waals surface area contributed by atoms with Crippen LogP contribution in [0.3, 0.4) is 0 Å².